The molecule has 0 saturated heterocycles. The lowest BCUT2D eigenvalue weighted by atomic mass is 9.44. The summed E-state index contributed by atoms with van der Waals surface area (Å²) in [6, 6.07) is 0. The van der Waals surface area contributed by atoms with Crippen LogP contribution in [0.3, 0.4) is 0 Å². The van der Waals surface area contributed by atoms with Crippen LogP contribution in [0.1, 0.15) is 78.6 Å². The third-order valence-corrected chi connectivity index (χ3v) is 10.6. The van der Waals surface area contributed by atoms with Crippen LogP contribution < -0.4 is 0 Å². The van der Waals surface area contributed by atoms with Crippen molar-refractivity contribution < 1.29 is 9.22 Å². The zero-order valence-corrected chi connectivity index (χ0v) is 19.0. The molecule has 2 unspecified atom stereocenters. The fourth-order valence-corrected chi connectivity index (χ4v) is 9.80. The average Bonchev–Trinajstić information content (AvgIpc) is 2.77. The predicted octanol–water partition coefficient (Wildman–Crippen LogP) is 6.21. The fourth-order valence-electron chi connectivity index (χ4n) is 8.11. The first-order valence-corrected chi connectivity index (χ1v) is 14.6. The van der Waals surface area contributed by atoms with Crippen molar-refractivity contribution in [3.8, 4) is 0 Å². The van der Waals surface area contributed by atoms with E-state index in [1.54, 1.807) is 0 Å². The van der Waals surface area contributed by atoms with E-state index < -0.39 is 8.32 Å². The Kier molecular flexibility index (Phi) is 4.37. The molecular weight excluding hydrogens is 336 g/mol. The highest BCUT2D eigenvalue weighted by atomic mass is 28.4. The van der Waals surface area contributed by atoms with Crippen molar-refractivity contribution in [2.45, 2.75) is 104 Å². The number of rotatable bonds is 2. The standard InChI is InChI=1S/C23H40O2Si/c1-21-12-9-17(24)15-16(21)7-8-18-19(21)10-13-22(2)20(18)11-14-23(22,3)25-26(4,5)6/h16,18-20H,7-15H2,1-6H3/t16?,18-,19+,20+,21+,22+,23?/m1/s1. The van der Waals surface area contributed by atoms with Gasteiger partial charge in [0.05, 0.1) is 5.60 Å². The van der Waals surface area contributed by atoms with Gasteiger partial charge in [0.25, 0.3) is 0 Å². The van der Waals surface area contributed by atoms with Crippen molar-refractivity contribution in [1.82, 2.24) is 0 Å². The average molecular weight is 377 g/mol. The van der Waals surface area contributed by atoms with Crippen LogP contribution in [0.2, 0.25) is 19.6 Å². The third-order valence-electron chi connectivity index (χ3n) is 9.54. The molecule has 0 N–H and O–H groups in total. The molecule has 0 spiro atoms. The zero-order valence-electron chi connectivity index (χ0n) is 18.0. The lowest BCUT2D eigenvalue weighted by molar-refractivity contribution is -0.149. The molecule has 148 valence electrons. The Balaban J connectivity index is 1.61. The number of carbonyl (C=O) groups is 1. The lowest BCUT2D eigenvalue weighted by Gasteiger charge is -2.61. The molecule has 0 aromatic carbocycles. The summed E-state index contributed by atoms with van der Waals surface area (Å²) in [5.74, 6) is 3.75. The Bertz CT molecular complexity index is 596. The monoisotopic (exact) mass is 376 g/mol. The van der Waals surface area contributed by atoms with Crippen molar-refractivity contribution in [3.05, 3.63) is 0 Å². The second-order valence-electron chi connectivity index (χ2n) is 11.8. The first-order chi connectivity index (χ1) is 12.0. The molecule has 26 heavy (non-hydrogen) atoms. The quantitative estimate of drug-likeness (QED) is 0.536. The molecule has 4 fully saturated rings. The molecule has 4 rings (SSSR count). The topological polar surface area (TPSA) is 26.3 Å². The fraction of sp³-hybridized carbons (Fsp3) is 0.957. The second kappa shape index (κ2) is 5.92. The molecule has 4 saturated carbocycles. The maximum Gasteiger partial charge on any atom is 0.184 e. The Morgan fingerprint density at radius 1 is 0.923 bits per heavy atom. The van der Waals surface area contributed by atoms with Crippen LogP contribution in [-0.4, -0.2) is 19.7 Å². The minimum Gasteiger partial charge on any atom is -0.412 e. The van der Waals surface area contributed by atoms with Gasteiger partial charge in [-0.2, -0.15) is 0 Å². The summed E-state index contributed by atoms with van der Waals surface area (Å²) >= 11 is 0. The Morgan fingerprint density at radius 2 is 1.62 bits per heavy atom. The van der Waals surface area contributed by atoms with E-state index in [1.165, 1.54) is 38.5 Å². The molecule has 0 heterocycles. The van der Waals surface area contributed by atoms with Gasteiger partial charge in [-0.25, -0.2) is 0 Å². The largest absolute Gasteiger partial charge is 0.412 e. The molecule has 0 bridgehead atoms. The van der Waals surface area contributed by atoms with Gasteiger partial charge in [0.2, 0.25) is 0 Å². The smallest absolute Gasteiger partial charge is 0.184 e. The summed E-state index contributed by atoms with van der Waals surface area (Å²) in [5.41, 5.74) is 0.853. The highest BCUT2D eigenvalue weighted by Crippen LogP contribution is 2.68. The molecule has 4 aliphatic carbocycles. The summed E-state index contributed by atoms with van der Waals surface area (Å²) in [5, 5.41) is 0. The van der Waals surface area contributed by atoms with Crippen LogP contribution in [0.15, 0.2) is 0 Å². The van der Waals surface area contributed by atoms with Gasteiger partial charge in [-0.15, -0.1) is 0 Å². The molecule has 3 heteroatoms. The molecular formula is C23H40O2Si. The highest BCUT2D eigenvalue weighted by Gasteiger charge is 2.64. The zero-order chi connectivity index (χ0) is 19.0. The molecule has 0 aromatic rings. The summed E-state index contributed by atoms with van der Waals surface area (Å²) in [6.45, 7) is 14.6. The van der Waals surface area contributed by atoms with Gasteiger partial charge in [-0.05, 0) is 106 Å². The van der Waals surface area contributed by atoms with E-state index in [9.17, 15) is 4.79 Å². The van der Waals surface area contributed by atoms with E-state index in [0.29, 0.717) is 22.5 Å². The van der Waals surface area contributed by atoms with Crippen LogP contribution in [0.25, 0.3) is 0 Å². The Hall–Kier alpha value is -0.153. The summed E-state index contributed by atoms with van der Waals surface area (Å²) < 4.78 is 6.88. The van der Waals surface area contributed by atoms with Crippen LogP contribution in [0.5, 0.6) is 0 Å². The lowest BCUT2D eigenvalue weighted by Crippen LogP contribution is -2.57. The van der Waals surface area contributed by atoms with Crippen molar-refractivity contribution in [2.75, 3.05) is 0 Å². The van der Waals surface area contributed by atoms with Crippen LogP contribution in [0, 0.1) is 34.5 Å². The first-order valence-electron chi connectivity index (χ1n) is 11.2. The highest BCUT2D eigenvalue weighted by molar-refractivity contribution is 6.69. The number of Topliss-reactive ketones (excluding diaryl/α,β-unsaturated/α-hetero) is 1. The molecule has 0 aromatic heterocycles. The molecule has 4 aliphatic rings. The van der Waals surface area contributed by atoms with Crippen molar-refractivity contribution in [3.63, 3.8) is 0 Å². The van der Waals surface area contributed by atoms with E-state index in [1.807, 2.05) is 0 Å². The normalized spacial score (nSPS) is 51.5. The minimum atomic E-state index is -1.55. The SMILES string of the molecule is CC1(O[Si](C)(C)C)CC[C@H]2[C@@H]3CCC4CC(=O)CC[C@]4(C)[C@H]3CC[C@@]21C. The van der Waals surface area contributed by atoms with Crippen LogP contribution in [0.4, 0.5) is 0 Å². The minimum absolute atomic E-state index is 0.0768. The van der Waals surface area contributed by atoms with Gasteiger partial charge in [-0.1, -0.05) is 13.8 Å². The number of hydrogen-bond acceptors (Lipinski definition) is 2. The second-order valence-corrected chi connectivity index (χ2v) is 16.3. The first kappa shape index (κ1) is 19.2. The Labute approximate surface area is 162 Å². The Morgan fingerprint density at radius 3 is 2.31 bits per heavy atom. The van der Waals surface area contributed by atoms with Gasteiger partial charge in [0.15, 0.2) is 8.32 Å². The van der Waals surface area contributed by atoms with E-state index >= 15 is 0 Å². The van der Waals surface area contributed by atoms with Gasteiger partial charge < -0.3 is 4.43 Å². The summed E-state index contributed by atoms with van der Waals surface area (Å²) in [4.78, 5) is 12.1. The van der Waals surface area contributed by atoms with Crippen LogP contribution >= 0.6 is 0 Å². The van der Waals surface area contributed by atoms with E-state index in [0.717, 1.165) is 37.0 Å². The van der Waals surface area contributed by atoms with E-state index in [-0.39, 0.29) is 5.60 Å². The molecule has 2 nitrogen and oxygen atoms in total. The van der Waals surface area contributed by atoms with Crippen molar-refractivity contribution in [1.29, 1.82) is 0 Å². The maximum atomic E-state index is 12.1. The van der Waals surface area contributed by atoms with E-state index in [4.69, 9.17) is 4.43 Å². The number of hydrogen-bond donors (Lipinski definition) is 0. The number of carbonyl (C=O) groups excluding carboxylic acids is 1. The summed E-state index contributed by atoms with van der Waals surface area (Å²) in [6.07, 6.45) is 10.8. The molecule has 0 radical (unpaired) electrons. The molecule has 7 atom stereocenters. The predicted molar refractivity (Wildman–Crippen MR) is 110 cm³/mol. The number of fused-ring (bicyclic) bond motifs is 5. The third kappa shape index (κ3) is 2.70. The van der Waals surface area contributed by atoms with Crippen molar-refractivity contribution >= 4 is 14.1 Å². The van der Waals surface area contributed by atoms with E-state index in [2.05, 4.69) is 40.4 Å². The van der Waals surface area contributed by atoms with Gasteiger partial charge in [0.1, 0.15) is 5.78 Å². The maximum absolute atomic E-state index is 12.1. The van der Waals surface area contributed by atoms with Gasteiger partial charge in [0, 0.05) is 12.8 Å². The van der Waals surface area contributed by atoms with Gasteiger partial charge >= 0.3 is 0 Å². The number of ketones is 1. The van der Waals surface area contributed by atoms with Crippen LogP contribution in [-0.2, 0) is 9.22 Å². The molecule has 0 aliphatic heterocycles. The van der Waals surface area contributed by atoms with Crippen molar-refractivity contribution in [2.24, 2.45) is 34.5 Å². The van der Waals surface area contributed by atoms with Gasteiger partial charge in [-0.3, -0.25) is 4.79 Å². The molecule has 0 amide bonds. The summed E-state index contributed by atoms with van der Waals surface area (Å²) in [7, 11) is -1.55.